The lowest BCUT2D eigenvalue weighted by molar-refractivity contribution is -0.138. The van der Waals surface area contributed by atoms with Crippen molar-refractivity contribution in [2.45, 2.75) is 53.0 Å². The van der Waals surface area contributed by atoms with E-state index >= 15 is 0 Å². The largest absolute Gasteiger partial charge is 0.329 e. The Morgan fingerprint density at radius 2 is 1.95 bits per heavy atom. The molecule has 0 heterocycles. The van der Waals surface area contributed by atoms with Crippen LogP contribution in [0.15, 0.2) is 36.5 Å². The van der Waals surface area contributed by atoms with Crippen LogP contribution in [0.4, 0.5) is 0 Å². The lowest BCUT2D eigenvalue weighted by Gasteiger charge is -2.33. The maximum absolute atomic E-state index is 12.7. The van der Waals surface area contributed by atoms with E-state index in [4.69, 9.17) is 0 Å². The van der Waals surface area contributed by atoms with Gasteiger partial charge in [-0.25, -0.2) is 0 Å². The van der Waals surface area contributed by atoms with Crippen LogP contribution in [0.2, 0.25) is 0 Å². The number of allylic oxidation sites excluding steroid dienone is 3. The summed E-state index contributed by atoms with van der Waals surface area (Å²) in [6, 6.07) is -0.401. The topological polar surface area (TPSA) is 37.4 Å². The van der Waals surface area contributed by atoms with Crippen LogP contribution in [-0.4, -0.2) is 29.2 Å². The molecule has 0 saturated carbocycles. The summed E-state index contributed by atoms with van der Waals surface area (Å²) in [6.07, 6.45) is 10.4. The molecular weight excluding hydrogens is 274 g/mol. The predicted octanol–water partition coefficient (Wildman–Crippen LogP) is 3.92. The van der Waals surface area contributed by atoms with Crippen molar-refractivity contribution in [3.63, 3.8) is 0 Å². The van der Waals surface area contributed by atoms with Gasteiger partial charge in [-0.2, -0.15) is 0 Å². The van der Waals surface area contributed by atoms with Gasteiger partial charge in [0, 0.05) is 12.5 Å². The number of hydrogen-bond donors (Lipinski definition) is 0. The van der Waals surface area contributed by atoms with Gasteiger partial charge in [-0.1, -0.05) is 52.5 Å². The van der Waals surface area contributed by atoms with E-state index in [0.29, 0.717) is 18.9 Å². The highest BCUT2D eigenvalue weighted by molar-refractivity contribution is 5.94. The molecule has 1 aliphatic carbocycles. The van der Waals surface area contributed by atoms with Gasteiger partial charge in [0.15, 0.2) is 5.78 Å². The van der Waals surface area contributed by atoms with Crippen LogP contribution in [0.3, 0.4) is 0 Å². The fraction of sp³-hybridized carbons (Fsp3) is 0.579. The zero-order valence-corrected chi connectivity index (χ0v) is 14.3. The van der Waals surface area contributed by atoms with E-state index < -0.39 is 6.04 Å². The van der Waals surface area contributed by atoms with Crippen molar-refractivity contribution < 1.29 is 9.59 Å². The molecule has 1 aliphatic rings. The first-order valence-electron chi connectivity index (χ1n) is 8.19. The van der Waals surface area contributed by atoms with Crippen LogP contribution in [0, 0.1) is 11.8 Å². The zero-order chi connectivity index (χ0) is 16.7. The maximum atomic E-state index is 12.7. The number of rotatable bonds is 8. The first kappa shape index (κ1) is 18.4. The van der Waals surface area contributed by atoms with Crippen molar-refractivity contribution >= 4 is 11.7 Å². The van der Waals surface area contributed by atoms with Gasteiger partial charge in [-0.3, -0.25) is 9.59 Å². The summed E-state index contributed by atoms with van der Waals surface area (Å²) in [5.41, 5.74) is 1.15. The Morgan fingerprint density at radius 3 is 2.41 bits per heavy atom. The third kappa shape index (κ3) is 5.28. The molecule has 22 heavy (non-hydrogen) atoms. The molecule has 0 N–H and O–H groups in total. The smallest absolute Gasteiger partial charge is 0.246 e. The summed E-state index contributed by atoms with van der Waals surface area (Å²) < 4.78 is 0. The maximum Gasteiger partial charge on any atom is 0.246 e. The Balaban J connectivity index is 3.06. The van der Waals surface area contributed by atoms with Gasteiger partial charge in [0.25, 0.3) is 0 Å². The minimum absolute atomic E-state index is 0.0922. The zero-order valence-electron chi connectivity index (χ0n) is 14.3. The first-order chi connectivity index (χ1) is 10.4. The summed E-state index contributed by atoms with van der Waals surface area (Å²) in [5, 5.41) is 0. The Morgan fingerprint density at radius 1 is 1.27 bits per heavy atom. The van der Waals surface area contributed by atoms with Gasteiger partial charge < -0.3 is 4.90 Å². The molecule has 0 spiro atoms. The second-order valence-corrected chi connectivity index (χ2v) is 6.62. The number of nitrogens with zero attached hydrogens (tertiary/aromatic N) is 1. The Bertz CT molecular complexity index is 472. The summed E-state index contributed by atoms with van der Waals surface area (Å²) in [4.78, 5) is 26.7. The van der Waals surface area contributed by atoms with E-state index in [2.05, 4.69) is 38.7 Å². The molecule has 0 aromatic heterocycles. The quantitative estimate of drug-likeness (QED) is 0.637. The highest BCUT2D eigenvalue weighted by atomic mass is 16.2. The molecule has 0 radical (unpaired) electrons. The highest BCUT2D eigenvalue weighted by Gasteiger charge is 2.30. The van der Waals surface area contributed by atoms with Crippen LogP contribution < -0.4 is 0 Å². The number of Topliss-reactive ketones (excluding diaryl/α,β-unsaturated/α-hetero) is 1. The average molecular weight is 303 g/mol. The molecule has 1 atom stereocenters. The van der Waals surface area contributed by atoms with Crippen LogP contribution in [0.1, 0.15) is 47.0 Å². The molecule has 0 aliphatic heterocycles. The lowest BCUT2D eigenvalue weighted by atomic mass is 9.91. The van der Waals surface area contributed by atoms with Crippen LogP contribution in [0.5, 0.6) is 0 Å². The molecule has 0 aromatic rings. The number of amides is 1. The van der Waals surface area contributed by atoms with Crippen molar-refractivity contribution in [1.82, 2.24) is 4.90 Å². The summed E-state index contributed by atoms with van der Waals surface area (Å²) >= 11 is 0. The average Bonchev–Trinajstić information content (AvgIpc) is 2.49. The molecule has 0 fully saturated rings. The molecule has 0 aromatic carbocycles. The second kappa shape index (κ2) is 8.72. The number of carbonyl (C=O) groups is 2. The minimum atomic E-state index is -0.401. The van der Waals surface area contributed by atoms with Gasteiger partial charge in [0.2, 0.25) is 5.91 Å². The molecule has 1 unspecified atom stereocenters. The fourth-order valence-electron chi connectivity index (χ4n) is 2.67. The normalized spacial score (nSPS) is 15.6. The Labute approximate surface area is 134 Å². The highest BCUT2D eigenvalue weighted by Crippen LogP contribution is 2.22. The van der Waals surface area contributed by atoms with Crippen molar-refractivity contribution in [3.05, 3.63) is 36.5 Å². The van der Waals surface area contributed by atoms with Crippen LogP contribution in [0.25, 0.3) is 0 Å². The predicted molar refractivity (Wildman–Crippen MR) is 91.5 cm³/mol. The van der Waals surface area contributed by atoms with Crippen molar-refractivity contribution in [1.29, 1.82) is 0 Å². The van der Waals surface area contributed by atoms with E-state index in [9.17, 15) is 9.59 Å². The number of carbonyl (C=O) groups excluding carboxylic acids is 2. The molecule has 0 saturated heterocycles. The summed E-state index contributed by atoms with van der Waals surface area (Å²) in [7, 11) is 0. The summed E-state index contributed by atoms with van der Waals surface area (Å²) in [5.74, 6) is 0.177. The standard InChI is InChI=1S/C19H29NO2/c1-6-18(21)20(13-14(2)3)17(19(22)15(4)5)12-16-10-8-7-9-11-16/h6,8,10-11,14-15,17H,1,7,9,12-13H2,2-5H3. The Hall–Kier alpha value is -1.64. The fourth-order valence-corrected chi connectivity index (χ4v) is 2.67. The third-order valence-electron chi connectivity index (χ3n) is 3.79. The molecule has 3 heteroatoms. The van der Waals surface area contributed by atoms with Crippen molar-refractivity contribution in [2.75, 3.05) is 6.54 Å². The van der Waals surface area contributed by atoms with Gasteiger partial charge in [0.05, 0.1) is 6.04 Å². The molecule has 122 valence electrons. The van der Waals surface area contributed by atoms with Gasteiger partial charge >= 0.3 is 0 Å². The molecule has 1 amide bonds. The second-order valence-electron chi connectivity index (χ2n) is 6.62. The third-order valence-corrected chi connectivity index (χ3v) is 3.79. The van der Waals surface area contributed by atoms with E-state index in [-0.39, 0.29) is 17.6 Å². The van der Waals surface area contributed by atoms with E-state index in [1.807, 2.05) is 13.8 Å². The van der Waals surface area contributed by atoms with Crippen LogP contribution in [-0.2, 0) is 9.59 Å². The van der Waals surface area contributed by atoms with E-state index in [0.717, 1.165) is 18.4 Å². The van der Waals surface area contributed by atoms with Crippen molar-refractivity contribution in [3.8, 4) is 0 Å². The van der Waals surface area contributed by atoms with Crippen LogP contribution >= 0.6 is 0 Å². The van der Waals surface area contributed by atoms with E-state index in [1.165, 1.54) is 6.08 Å². The first-order valence-corrected chi connectivity index (χ1v) is 8.19. The lowest BCUT2D eigenvalue weighted by Crippen LogP contribution is -2.47. The summed E-state index contributed by atoms with van der Waals surface area (Å²) in [6.45, 7) is 12.1. The van der Waals surface area contributed by atoms with Crippen molar-refractivity contribution in [2.24, 2.45) is 11.8 Å². The van der Waals surface area contributed by atoms with Gasteiger partial charge in [0.1, 0.15) is 0 Å². The molecule has 3 nitrogen and oxygen atoms in total. The minimum Gasteiger partial charge on any atom is -0.329 e. The van der Waals surface area contributed by atoms with Gasteiger partial charge in [-0.05, 0) is 36.8 Å². The van der Waals surface area contributed by atoms with Gasteiger partial charge in [-0.15, -0.1) is 0 Å². The number of hydrogen-bond acceptors (Lipinski definition) is 2. The molecule has 1 rings (SSSR count). The van der Waals surface area contributed by atoms with E-state index in [1.54, 1.807) is 4.90 Å². The SMILES string of the molecule is C=CC(=O)N(CC(C)C)C(CC1=CCCC=C1)C(=O)C(C)C. The monoisotopic (exact) mass is 303 g/mol. The number of ketones is 1. The molecular formula is C19H29NO2. The molecule has 0 bridgehead atoms. The Kier molecular flexibility index (Phi) is 7.30.